The van der Waals surface area contributed by atoms with Gasteiger partial charge in [-0.1, -0.05) is 12.1 Å². The molecule has 12 heteroatoms. The molecule has 2 heterocycles. The highest BCUT2D eigenvalue weighted by Crippen LogP contribution is 2.31. The second kappa shape index (κ2) is 9.21. The first-order chi connectivity index (χ1) is 14.2. The zero-order valence-corrected chi connectivity index (χ0v) is 18.2. The van der Waals surface area contributed by atoms with Crippen molar-refractivity contribution in [3.63, 3.8) is 0 Å². The molecule has 160 valence electrons. The van der Waals surface area contributed by atoms with E-state index in [-0.39, 0.29) is 45.3 Å². The van der Waals surface area contributed by atoms with Gasteiger partial charge in [-0.05, 0) is 44.0 Å². The summed E-state index contributed by atoms with van der Waals surface area (Å²) in [5.41, 5.74) is 11.1. The lowest BCUT2D eigenvalue weighted by molar-refractivity contribution is 0.312. The summed E-state index contributed by atoms with van der Waals surface area (Å²) < 4.78 is 62.5. The van der Waals surface area contributed by atoms with Gasteiger partial charge in [0.25, 0.3) is 12.0 Å². The molecule has 1 unspecified atom stereocenters. The van der Waals surface area contributed by atoms with Gasteiger partial charge in [-0.15, -0.1) is 0 Å². The van der Waals surface area contributed by atoms with Crippen LogP contribution in [0.3, 0.4) is 0 Å². The van der Waals surface area contributed by atoms with Crippen LogP contribution in [0.1, 0.15) is 23.2 Å². The number of halogens is 6. The number of hydrogen-bond acceptors (Lipinski definition) is 6. The zero-order chi connectivity index (χ0) is 22.0. The van der Waals surface area contributed by atoms with Crippen LogP contribution in [0.5, 0.6) is 0 Å². The van der Waals surface area contributed by atoms with E-state index in [0.717, 1.165) is 0 Å². The fourth-order valence-corrected chi connectivity index (χ4v) is 3.42. The van der Waals surface area contributed by atoms with Gasteiger partial charge in [0.1, 0.15) is 48.6 Å². The van der Waals surface area contributed by atoms with Crippen molar-refractivity contribution in [1.29, 1.82) is 0 Å². The highest BCUT2D eigenvalue weighted by Gasteiger charge is 2.25. The van der Waals surface area contributed by atoms with Crippen molar-refractivity contribution >= 4 is 43.9 Å². The number of ether oxygens (including phenoxy) is 2. The molecule has 30 heavy (non-hydrogen) atoms. The summed E-state index contributed by atoms with van der Waals surface area (Å²) in [6, 6.07) is 4.08. The third-order valence-electron chi connectivity index (χ3n) is 4.19. The minimum absolute atomic E-state index is 0.0276. The first-order valence-corrected chi connectivity index (χ1v) is 9.96. The monoisotopic (exact) mass is 552 g/mol. The van der Waals surface area contributed by atoms with E-state index < -0.39 is 35.4 Å². The van der Waals surface area contributed by atoms with Crippen molar-refractivity contribution in [1.82, 2.24) is 0 Å². The fourth-order valence-electron chi connectivity index (χ4n) is 2.70. The third kappa shape index (κ3) is 4.69. The van der Waals surface area contributed by atoms with Gasteiger partial charge in [0.2, 0.25) is 0 Å². The normalized spacial score (nSPS) is 19.9. The Kier molecular flexibility index (Phi) is 6.86. The Morgan fingerprint density at radius 3 is 1.40 bits per heavy atom. The molecule has 0 saturated heterocycles. The van der Waals surface area contributed by atoms with Crippen molar-refractivity contribution in [2.45, 2.75) is 12.1 Å². The Morgan fingerprint density at radius 2 is 1.10 bits per heavy atom. The summed E-state index contributed by atoms with van der Waals surface area (Å²) >= 11 is 5.64. The van der Waals surface area contributed by atoms with Crippen LogP contribution in [-0.4, -0.2) is 25.3 Å². The molecular weight excluding hydrogens is 540 g/mol. The Bertz CT molecular complexity index is 954. The van der Waals surface area contributed by atoms with Gasteiger partial charge >= 0.3 is 0 Å². The molecule has 2 atom stereocenters. The van der Waals surface area contributed by atoms with E-state index in [9.17, 15) is 17.6 Å². The summed E-state index contributed by atoms with van der Waals surface area (Å²) in [7, 11) is 0. The Morgan fingerprint density at radius 1 is 0.733 bits per heavy atom. The van der Waals surface area contributed by atoms with Crippen LogP contribution in [0, 0.1) is 23.3 Å². The van der Waals surface area contributed by atoms with Gasteiger partial charge in [0.15, 0.2) is 0 Å². The highest BCUT2D eigenvalue weighted by molar-refractivity contribution is 9.10. The summed E-state index contributed by atoms with van der Waals surface area (Å²) in [5, 5.41) is 0. The van der Waals surface area contributed by atoms with Crippen LogP contribution in [0.15, 0.2) is 43.2 Å². The van der Waals surface area contributed by atoms with E-state index in [1.807, 2.05) is 0 Å². The van der Waals surface area contributed by atoms with E-state index in [1.165, 1.54) is 24.3 Å². The molecule has 4 rings (SSSR count). The minimum atomic E-state index is -0.665. The fraction of sp³-hybridized carbons (Fsp3) is 0.222. The maximum atomic E-state index is 13.6. The molecule has 0 fully saturated rings. The molecule has 0 bridgehead atoms. The maximum Gasteiger partial charge on any atom is 0.282 e. The Balaban J connectivity index is 0.000000171. The molecule has 2 aromatic carbocycles. The smallest absolute Gasteiger partial charge is 0.282 e. The lowest BCUT2D eigenvalue weighted by Crippen LogP contribution is -2.10. The number of benzene rings is 2. The van der Waals surface area contributed by atoms with Crippen LogP contribution in [-0.2, 0) is 9.47 Å². The SMILES string of the molecule is NC1=NC(c2ccc(F)c(Br)c2F)CO1.NC1=N[C@H](c2ccc(F)c(Br)c2F)CO1. The second-order valence-electron chi connectivity index (χ2n) is 6.12. The molecule has 0 radical (unpaired) electrons. The second-order valence-corrected chi connectivity index (χ2v) is 7.70. The molecule has 6 nitrogen and oxygen atoms in total. The topological polar surface area (TPSA) is 95.2 Å². The molecule has 0 amide bonds. The van der Waals surface area contributed by atoms with Crippen LogP contribution < -0.4 is 11.5 Å². The number of aliphatic imine (C=N–C) groups is 2. The molecule has 2 aliphatic heterocycles. The number of rotatable bonds is 2. The van der Waals surface area contributed by atoms with Crippen LogP contribution in [0.4, 0.5) is 17.6 Å². The number of nitrogens with zero attached hydrogens (tertiary/aromatic N) is 2. The van der Waals surface area contributed by atoms with E-state index in [0.29, 0.717) is 0 Å². The summed E-state index contributed by atoms with van der Waals surface area (Å²) in [6.07, 6.45) is 0. The summed E-state index contributed by atoms with van der Waals surface area (Å²) in [5.74, 6) is -2.62. The van der Waals surface area contributed by atoms with Gasteiger partial charge in [-0.3, -0.25) is 0 Å². The van der Waals surface area contributed by atoms with Crippen molar-refractivity contribution < 1.29 is 27.0 Å². The molecule has 2 aromatic rings. The molecular formula is C18H14Br2F4N4O2. The lowest BCUT2D eigenvalue weighted by Gasteiger charge is -2.08. The van der Waals surface area contributed by atoms with Crippen molar-refractivity contribution in [3.05, 3.63) is 67.6 Å². The lowest BCUT2D eigenvalue weighted by atomic mass is 10.1. The van der Waals surface area contributed by atoms with Gasteiger partial charge in [-0.2, -0.15) is 0 Å². The van der Waals surface area contributed by atoms with Crippen molar-refractivity contribution in [2.75, 3.05) is 13.2 Å². The Hall–Kier alpha value is -2.34. The number of hydrogen-bond donors (Lipinski definition) is 2. The van der Waals surface area contributed by atoms with Gasteiger partial charge < -0.3 is 20.9 Å². The van der Waals surface area contributed by atoms with Crippen LogP contribution in [0.2, 0.25) is 0 Å². The predicted octanol–water partition coefficient (Wildman–Crippen LogP) is 4.23. The van der Waals surface area contributed by atoms with Crippen molar-refractivity contribution in [2.24, 2.45) is 21.5 Å². The first-order valence-electron chi connectivity index (χ1n) is 8.38. The number of nitrogens with two attached hydrogens (primary N) is 2. The molecule has 0 aromatic heterocycles. The standard InChI is InChI=1S/2C9H7BrF2N2O/c2*10-7-5(11)2-1-4(8(7)12)6-3-15-9(13)14-6/h2*1-2,6H,3H2,(H2,13,14)/t6-;/m0./s1. The maximum absolute atomic E-state index is 13.6. The molecule has 0 aliphatic carbocycles. The van der Waals surface area contributed by atoms with E-state index >= 15 is 0 Å². The van der Waals surface area contributed by atoms with E-state index in [2.05, 4.69) is 41.8 Å². The third-order valence-corrected chi connectivity index (χ3v) is 5.65. The molecule has 4 N–H and O–H groups in total. The molecule has 2 aliphatic rings. The van der Waals surface area contributed by atoms with E-state index in [4.69, 9.17) is 20.9 Å². The molecule has 0 spiro atoms. The minimum Gasteiger partial charge on any atom is -0.463 e. The van der Waals surface area contributed by atoms with Gasteiger partial charge in [-0.25, -0.2) is 27.5 Å². The largest absolute Gasteiger partial charge is 0.463 e. The van der Waals surface area contributed by atoms with Gasteiger partial charge in [0.05, 0.1) is 8.95 Å². The van der Waals surface area contributed by atoms with Crippen molar-refractivity contribution in [3.8, 4) is 0 Å². The zero-order valence-electron chi connectivity index (χ0n) is 15.0. The van der Waals surface area contributed by atoms with Gasteiger partial charge in [0, 0.05) is 11.1 Å². The summed E-state index contributed by atoms with van der Waals surface area (Å²) in [6.45, 7) is 0.363. The predicted molar refractivity (Wildman–Crippen MR) is 109 cm³/mol. The Labute approximate surface area is 185 Å². The quantitative estimate of drug-likeness (QED) is 0.430. The average Bonchev–Trinajstić information content (AvgIpc) is 3.33. The first kappa shape index (κ1) is 22.3. The average molecular weight is 554 g/mol. The summed E-state index contributed by atoms with van der Waals surface area (Å²) in [4.78, 5) is 7.76. The van der Waals surface area contributed by atoms with Crippen LogP contribution >= 0.6 is 31.9 Å². The molecule has 0 saturated carbocycles. The number of amidine groups is 2. The van der Waals surface area contributed by atoms with E-state index in [1.54, 1.807) is 0 Å². The van der Waals surface area contributed by atoms with Crippen LogP contribution in [0.25, 0.3) is 0 Å². The highest BCUT2D eigenvalue weighted by atomic mass is 79.9.